The van der Waals surface area contributed by atoms with E-state index in [4.69, 9.17) is 9.84 Å². The molecule has 0 saturated carbocycles. The van der Waals surface area contributed by atoms with Gasteiger partial charge in [-0.3, -0.25) is 0 Å². The van der Waals surface area contributed by atoms with E-state index in [1.54, 1.807) is 13.0 Å². The average molecular weight is 181 g/mol. The standard InChI is InChI=1S/C9H11NO3/c1-3-13-8-6(2)4-7(5-10-8)9(11)12/h4-5H,3H2,1-2H3,(H,11,12). The summed E-state index contributed by atoms with van der Waals surface area (Å²) in [5, 5.41) is 8.65. The Morgan fingerprint density at radius 2 is 2.38 bits per heavy atom. The second-order valence-electron chi connectivity index (χ2n) is 2.58. The van der Waals surface area contributed by atoms with Crippen LogP contribution in [0.2, 0.25) is 0 Å². The van der Waals surface area contributed by atoms with Gasteiger partial charge < -0.3 is 9.84 Å². The Kier molecular flexibility index (Phi) is 2.84. The van der Waals surface area contributed by atoms with Gasteiger partial charge in [0, 0.05) is 11.8 Å². The Morgan fingerprint density at radius 1 is 1.69 bits per heavy atom. The van der Waals surface area contributed by atoms with Gasteiger partial charge in [0.1, 0.15) is 0 Å². The van der Waals surface area contributed by atoms with Gasteiger partial charge in [0.2, 0.25) is 5.88 Å². The zero-order valence-electron chi connectivity index (χ0n) is 7.57. The lowest BCUT2D eigenvalue weighted by Crippen LogP contribution is -2.01. The molecule has 13 heavy (non-hydrogen) atoms. The van der Waals surface area contributed by atoms with Crippen LogP contribution in [0.15, 0.2) is 12.3 Å². The summed E-state index contributed by atoms with van der Waals surface area (Å²) in [5.74, 6) is -0.480. The fraction of sp³-hybridized carbons (Fsp3) is 0.333. The van der Waals surface area contributed by atoms with E-state index in [-0.39, 0.29) is 5.56 Å². The van der Waals surface area contributed by atoms with Crippen LogP contribution in [-0.2, 0) is 0 Å². The molecule has 0 aliphatic carbocycles. The molecule has 0 bridgehead atoms. The zero-order chi connectivity index (χ0) is 9.84. The number of aromatic nitrogens is 1. The van der Waals surface area contributed by atoms with Gasteiger partial charge >= 0.3 is 5.97 Å². The first-order valence-electron chi connectivity index (χ1n) is 3.98. The lowest BCUT2D eigenvalue weighted by atomic mass is 10.2. The highest BCUT2D eigenvalue weighted by molar-refractivity contribution is 5.87. The normalized spacial score (nSPS) is 9.69. The summed E-state index contributed by atoms with van der Waals surface area (Å²) >= 11 is 0. The van der Waals surface area contributed by atoms with E-state index >= 15 is 0 Å². The fourth-order valence-electron chi connectivity index (χ4n) is 0.967. The highest BCUT2D eigenvalue weighted by Crippen LogP contribution is 2.14. The van der Waals surface area contributed by atoms with Gasteiger partial charge in [-0.05, 0) is 19.9 Å². The monoisotopic (exact) mass is 181 g/mol. The highest BCUT2D eigenvalue weighted by Gasteiger charge is 2.06. The summed E-state index contributed by atoms with van der Waals surface area (Å²) in [6.07, 6.45) is 1.29. The van der Waals surface area contributed by atoms with Gasteiger partial charge in [-0.2, -0.15) is 0 Å². The molecule has 1 aromatic rings. The van der Waals surface area contributed by atoms with Crippen molar-refractivity contribution < 1.29 is 14.6 Å². The first kappa shape index (κ1) is 9.51. The summed E-state index contributed by atoms with van der Waals surface area (Å²) < 4.78 is 5.17. The molecule has 0 spiro atoms. The molecular weight excluding hydrogens is 170 g/mol. The first-order valence-corrected chi connectivity index (χ1v) is 3.98. The minimum absolute atomic E-state index is 0.181. The van der Waals surface area contributed by atoms with Gasteiger partial charge in [0.25, 0.3) is 0 Å². The van der Waals surface area contributed by atoms with Crippen LogP contribution >= 0.6 is 0 Å². The van der Waals surface area contributed by atoms with Crippen molar-refractivity contribution in [1.29, 1.82) is 0 Å². The summed E-state index contributed by atoms with van der Waals surface area (Å²) in [6, 6.07) is 1.54. The van der Waals surface area contributed by atoms with Crippen LogP contribution in [0.4, 0.5) is 0 Å². The van der Waals surface area contributed by atoms with Crippen molar-refractivity contribution in [2.45, 2.75) is 13.8 Å². The summed E-state index contributed by atoms with van der Waals surface area (Å²) in [6.45, 7) is 4.15. The molecule has 4 nitrogen and oxygen atoms in total. The van der Waals surface area contributed by atoms with Gasteiger partial charge in [0.15, 0.2) is 0 Å². The predicted octanol–water partition coefficient (Wildman–Crippen LogP) is 1.49. The number of carbonyl (C=O) groups is 1. The molecule has 1 aromatic heterocycles. The number of hydrogen-bond acceptors (Lipinski definition) is 3. The lowest BCUT2D eigenvalue weighted by Gasteiger charge is -2.05. The van der Waals surface area contributed by atoms with Gasteiger partial charge in [-0.15, -0.1) is 0 Å². The maximum Gasteiger partial charge on any atom is 0.337 e. The predicted molar refractivity (Wildman–Crippen MR) is 47.1 cm³/mol. The number of aryl methyl sites for hydroxylation is 1. The van der Waals surface area contributed by atoms with Crippen molar-refractivity contribution in [1.82, 2.24) is 4.98 Å². The van der Waals surface area contributed by atoms with E-state index in [2.05, 4.69) is 4.98 Å². The van der Waals surface area contributed by atoms with Gasteiger partial charge in [-0.1, -0.05) is 0 Å². The van der Waals surface area contributed by atoms with Crippen LogP contribution in [0.3, 0.4) is 0 Å². The highest BCUT2D eigenvalue weighted by atomic mass is 16.5. The minimum atomic E-state index is -0.973. The molecular formula is C9H11NO3. The number of aromatic carboxylic acids is 1. The van der Waals surface area contributed by atoms with Gasteiger partial charge in [-0.25, -0.2) is 9.78 Å². The first-order chi connectivity index (χ1) is 6.15. The molecule has 0 amide bonds. The topological polar surface area (TPSA) is 59.4 Å². The number of pyridine rings is 1. The summed E-state index contributed by atoms with van der Waals surface area (Å²) in [4.78, 5) is 14.4. The number of carboxylic acids is 1. The number of nitrogens with zero attached hydrogens (tertiary/aromatic N) is 1. The Balaban J connectivity index is 2.98. The van der Waals surface area contributed by atoms with Crippen molar-refractivity contribution in [3.63, 3.8) is 0 Å². The zero-order valence-corrected chi connectivity index (χ0v) is 7.57. The van der Waals surface area contributed by atoms with Crippen LogP contribution in [0.25, 0.3) is 0 Å². The number of ether oxygens (including phenoxy) is 1. The molecule has 0 atom stereocenters. The molecule has 0 saturated heterocycles. The summed E-state index contributed by atoms with van der Waals surface area (Å²) in [5.41, 5.74) is 0.919. The van der Waals surface area contributed by atoms with E-state index in [1.807, 2.05) is 6.92 Å². The third-order valence-corrected chi connectivity index (χ3v) is 1.56. The third-order valence-electron chi connectivity index (χ3n) is 1.56. The molecule has 70 valence electrons. The van der Waals surface area contributed by atoms with E-state index in [9.17, 15) is 4.79 Å². The van der Waals surface area contributed by atoms with Crippen molar-refractivity contribution in [2.75, 3.05) is 6.61 Å². The Bertz CT molecular complexity index is 323. The molecule has 0 unspecified atom stereocenters. The van der Waals surface area contributed by atoms with Crippen LogP contribution in [-0.4, -0.2) is 22.7 Å². The van der Waals surface area contributed by atoms with E-state index in [1.165, 1.54) is 6.20 Å². The smallest absolute Gasteiger partial charge is 0.337 e. The van der Waals surface area contributed by atoms with Crippen LogP contribution in [0.5, 0.6) is 5.88 Å². The van der Waals surface area contributed by atoms with Gasteiger partial charge in [0.05, 0.1) is 12.2 Å². The summed E-state index contributed by atoms with van der Waals surface area (Å²) in [7, 11) is 0. The SMILES string of the molecule is CCOc1ncc(C(=O)O)cc1C. The van der Waals surface area contributed by atoms with Crippen LogP contribution in [0, 0.1) is 6.92 Å². The van der Waals surface area contributed by atoms with Crippen molar-refractivity contribution in [3.8, 4) is 5.88 Å². The Hall–Kier alpha value is -1.58. The van der Waals surface area contributed by atoms with Crippen molar-refractivity contribution in [2.24, 2.45) is 0 Å². The maximum absolute atomic E-state index is 10.5. The number of hydrogen-bond donors (Lipinski definition) is 1. The largest absolute Gasteiger partial charge is 0.478 e. The molecule has 0 radical (unpaired) electrons. The van der Waals surface area contributed by atoms with Crippen LogP contribution in [0.1, 0.15) is 22.8 Å². The molecule has 4 heteroatoms. The third kappa shape index (κ3) is 2.18. The second-order valence-corrected chi connectivity index (χ2v) is 2.58. The molecule has 0 aliphatic rings. The Labute approximate surface area is 76.2 Å². The quantitative estimate of drug-likeness (QED) is 0.767. The van der Waals surface area contributed by atoms with E-state index in [0.717, 1.165) is 5.56 Å². The number of rotatable bonds is 3. The van der Waals surface area contributed by atoms with E-state index in [0.29, 0.717) is 12.5 Å². The Morgan fingerprint density at radius 3 is 2.85 bits per heavy atom. The number of carboxylic acid groups (broad SMARTS) is 1. The molecule has 0 aliphatic heterocycles. The minimum Gasteiger partial charge on any atom is -0.478 e. The molecule has 1 N–H and O–H groups in total. The maximum atomic E-state index is 10.5. The molecule has 1 heterocycles. The van der Waals surface area contributed by atoms with E-state index < -0.39 is 5.97 Å². The molecule has 0 fully saturated rings. The lowest BCUT2D eigenvalue weighted by molar-refractivity contribution is 0.0696. The van der Waals surface area contributed by atoms with Crippen molar-refractivity contribution >= 4 is 5.97 Å². The average Bonchev–Trinajstić information content (AvgIpc) is 2.08. The fourth-order valence-corrected chi connectivity index (χ4v) is 0.967. The molecule has 1 rings (SSSR count). The van der Waals surface area contributed by atoms with Crippen molar-refractivity contribution in [3.05, 3.63) is 23.4 Å². The van der Waals surface area contributed by atoms with Crippen LogP contribution < -0.4 is 4.74 Å². The second kappa shape index (κ2) is 3.89. The molecule has 0 aromatic carbocycles.